The molecule has 0 atom stereocenters. The van der Waals surface area contributed by atoms with Crippen LogP contribution in [0.5, 0.6) is 0 Å². The third kappa shape index (κ3) is 8.44. The molecule has 0 saturated carbocycles. The number of aliphatic imine (C=N–C) groups is 1. The molecule has 1 aliphatic heterocycles. The fourth-order valence-electron chi connectivity index (χ4n) is 2.93. The highest BCUT2D eigenvalue weighted by atomic mass is 19.1. The number of nitrogens with zero attached hydrogens (tertiary/aromatic N) is 2. The van der Waals surface area contributed by atoms with Gasteiger partial charge in [-0.25, -0.2) is 9.18 Å². The van der Waals surface area contributed by atoms with E-state index < -0.39 is 11.7 Å². The molecule has 0 unspecified atom stereocenters. The average molecular weight is 424 g/mol. The van der Waals surface area contributed by atoms with Gasteiger partial charge >= 0.3 is 6.09 Å². The zero-order chi connectivity index (χ0) is 22.0. The number of nitrogens with one attached hydrogen (secondary N) is 3. The average Bonchev–Trinajstić information content (AvgIpc) is 2.69. The van der Waals surface area contributed by atoms with Gasteiger partial charge in [0, 0.05) is 39.8 Å². The van der Waals surface area contributed by atoms with Crippen molar-refractivity contribution in [3.05, 3.63) is 29.6 Å². The lowest BCUT2D eigenvalue weighted by atomic mass is 10.1. The summed E-state index contributed by atoms with van der Waals surface area (Å²) < 4.78 is 25.0. The predicted octanol–water partition coefficient (Wildman–Crippen LogP) is 2.24. The minimum absolute atomic E-state index is 0.229. The van der Waals surface area contributed by atoms with Crippen LogP contribution < -0.4 is 20.9 Å². The zero-order valence-electron chi connectivity index (χ0n) is 18.4. The Bertz CT molecular complexity index is 715. The molecule has 1 aromatic rings. The molecule has 9 heteroatoms. The van der Waals surface area contributed by atoms with E-state index in [-0.39, 0.29) is 5.82 Å². The van der Waals surface area contributed by atoms with Gasteiger partial charge < -0.3 is 30.3 Å². The summed E-state index contributed by atoms with van der Waals surface area (Å²) in [6, 6.07) is 5.28. The summed E-state index contributed by atoms with van der Waals surface area (Å²) in [6.07, 6.45) is 0.288. The molecule has 3 N–H and O–H groups in total. The molecule has 0 bridgehead atoms. The van der Waals surface area contributed by atoms with E-state index in [0.29, 0.717) is 64.0 Å². The number of carbonyl (C=O) groups is 1. The standard InChI is InChI=1S/C21H34FN5O3/c1-21(2,3)30-20(28)25-9-5-8-24-19(23-4)26-15-16-6-7-18(17(22)14-16)27-10-12-29-13-11-27/h6-7,14H,5,8-13,15H2,1-4H3,(H,25,28)(H2,23,24,26). The molecular weight excluding hydrogens is 389 g/mol. The number of amides is 1. The summed E-state index contributed by atoms with van der Waals surface area (Å²) in [5, 5.41) is 9.05. The molecule has 2 rings (SSSR count). The fourth-order valence-corrected chi connectivity index (χ4v) is 2.93. The first-order valence-electron chi connectivity index (χ1n) is 10.3. The van der Waals surface area contributed by atoms with Crippen LogP contribution in [0.15, 0.2) is 23.2 Å². The first kappa shape index (κ1) is 23.7. The summed E-state index contributed by atoms with van der Waals surface area (Å²) in [4.78, 5) is 17.8. The Balaban J connectivity index is 1.70. The smallest absolute Gasteiger partial charge is 0.407 e. The molecule has 0 aromatic heterocycles. The SMILES string of the molecule is CN=C(NCCCNC(=O)OC(C)(C)C)NCc1ccc(N2CCOCC2)c(F)c1. The molecule has 1 amide bonds. The van der Waals surface area contributed by atoms with Gasteiger partial charge in [0.2, 0.25) is 0 Å². The van der Waals surface area contributed by atoms with Crippen molar-refractivity contribution in [3.8, 4) is 0 Å². The van der Waals surface area contributed by atoms with Gasteiger partial charge in [-0.3, -0.25) is 4.99 Å². The summed E-state index contributed by atoms with van der Waals surface area (Å²) in [5.41, 5.74) is 0.940. The van der Waals surface area contributed by atoms with Crippen molar-refractivity contribution in [3.63, 3.8) is 0 Å². The maximum Gasteiger partial charge on any atom is 0.407 e. The summed E-state index contributed by atoms with van der Waals surface area (Å²) in [7, 11) is 1.68. The van der Waals surface area contributed by atoms with Crippen LogP contribution in [0.1, 0.15) is 32.8 Å². The lowest BCUT2D eigenvalue weighted by molar-refractivity contribution is 0.0527. The number of carbonyl (C=O) groups excluding carboxylic acids is 1. The molecule has 1 fully saturated rings. The van der Waals surface area contributed by atoms with E-state index in [1.54, 1.807) is 13.1 Å². The van der Waals surface area contributed by atoms with Crippen LogP contribution >= 0.6 is 0 Å². The number of rotatable bonds is 7. The van der Waals surface area contributed by atoms with Crippen molar-refractivity contribution in [2.24, 2.45) is 4.99 Å². The number of ether oxygens (including phenoxy) is 2. The minimum Gasteiger partial charge on any atom is -0.444 e. The number of halogens is 1. The van der Waals surface area contributed by atoms with Crippen LogP contribution in [0.3, 0.4) is 0 Å². The highest BCUT2D eigenvalue weighted by Gasteiger charge is 2.16. The molecule has 0 spiro atoms. The first-order valence-corrected chi connectivity index (χ1v) is 10.3. The Morgan fingerprint density at radius 3 is 2.53 bits per heavy atom. The summed E-state index contributed by atoms with van der Waals surface area (Å²) >= 11 is 0. The fraction of sp³-hybridized carbons (Fsp3) is 0.619. The van der Waals surface area contributed by atoms with Crippen LogP contribution in [-0.2, 0) is 16.0 Å². The number of guanidine groups is 1. The van der Waals surface area contributed by atoms with E-state index in [0.717, 1.165) is 5.56 Å². The quantitative estimate of drug-likeness (QED) is 0.354. The molecule has 0 radical (unpaired) electrons. The molecular formula is C21H34FN5O3. The second-order valence-corrected chi connectivity index (χ2v) is 8.02. The van der Waals surface area contributed by atoms with Crippen LogP contribution in [-0.4, -0.2) is 64.1 Å². The number of alkyl carbamates (subject to hydrolysis) is 1. The van der Waals surface area contributed by atoms with Crippen molar-refractivity contribution in [1.82, 2.24) is 16.0 Å². The van der Waals surface area contributed by atoms with Crippen LogP contribution in [0.2, 0.25) is 0 Å². The topological polar surface area (TPSA) is 87.2 Å². The van der Waals surface area contributed by atoms with Gasteiger partial charge in [0.25, 0.3) is 0 Å². The van der Waals surface area contributed by atoms with Gasteiger partial charge in [0.1, 0.15) is 11.4 Å². The van der Waals surface area contributed by atoms with Gasteiger partial charge in [-0.05, 0) is 44.9 Å². The molecule has 1 heterocycles. The molecule has 8 nitrogen and oxygen atoms in total. The second-order valence-electron chi connectivity index (χ2n) is 8.02. The highest BCUT2D eigenvalue weighted by Crippen LogP contribution is 2.21. The third-order valence-electron chi connectivity index (χ3n) is 4.36. The van der Waals surface area contributed by atoms with Gasteiger partial charge in [0.05, 0.1) is 18.9 Å². The monoisotopic (exact) mass is 423 g/mol. The maximum atomic E-state index is 14.5. The number of benzene rings is 1. The van der Waals surface area contributed by atoms with E-state index in [4.69, 9.17) is 9.47 Å². The highest BCUT2D eigenvalue weighted by molar-refractivity contribution is 5.79. The Labute approximate surface area is 178 Å². The van der Waals surface area contributed by atoms with E-state index in [2.05, 4.69) is 20.9 Å². The first-order chi connectivity index (χ1) is 14.3. The number of morpholine rings is 1. The zero-order valence-corrected chi connectivity index (χ0v) is 18.4. The lowest BCUT2D eigenvalue weighted by Crippen LogP contribution is -2.39. The van der Waals surface area contributed by atoms with Crippen LogP contribution in [0.25, 0.3) is 0 Å². The molecule has 1 saturated heterocycles. The van der Waals surface area contributed by atoms with Crippen LogP contribution in [0.4, 0.5) is 14.9 Å². The number of hydrogen-bond donors (Lipinski definition) is 3. The van der Waals surface area contributed by atoms with Crippen molar-refractivity contribution < 1.29 is 18.7 Å². The third-order valence-corrected chi connectivity index (χ3v) is 4.36. The van der Waals surface area contributed by atoms with Gasteiger partial charge in [-0.2, -0.15) is 0 Å². The van der Waals surface area contributed by atoms with Crippen LogP contribution in [0, 0.1) is 5.82 Å². The van der Waals surface area contributed by atoms with Crippen molar-refractivity contribution in [2.75, 3.05) is 51.3 Å². The van der Waals surface area contributed by atoms with Crippen molar-refractivity contribution >= 4 is 17.7 Å². The Morgan fingerprint density at radius 1 is 1.20 bits per heavy atom. The van der Waals surface area contributed by atoms with Gasteiger partial charge in [-0.1, -0.05) is 6.07 Å². The summed E-state index contributed by atoms with van der Waals surface area (Å²) in [6.45, 7) is 9.70. The van der Waals surface area contributed by atoms with E-state index in [9.17, 15) is 9.18 Å². The molecule has 1 aliphatic rings. The molecule has 30 heavy (non-hydrogen) atoms. The van der Waals surface area contributed by atoms with E-state index >= 15 is 0 Å². The molecule has 0 aliphatic carbocycles. The largest absolute Gasteiger partial charge is 0.444 e. The Morgan fingerprint density at radius 2 is 1.90 bits per heavy atom. The maximum absolute atomic E-state index is 14.5. The summed E-state index contributed by atoms with van der Waals surface area (Å²) in [5.74, 6) is 0.386. The van der Waals surface area contributed by atoms with E-state index in [1.165, 1.54) is 0 Å². The minimum atomic E-state index is -0.506. The normalized spacial score (nSPS) is 15.0. The molecule has 1 aromatic carbocycles. The van der Waals surface area contributed by atoms with Crippen molar-refractivity contribution in [2.45, 2.75) is 39.3 Å². The van der Waals surface area contributed by atoms with Gasteiger partial charge in [0.15, 0.2) is 5.96 Å². The van der Waals surface area contributed by atoms with Crippen molar-refractivity contribution in [1.29, 1.82) is 0 Å². The number of hydrogen-bond acceptors (Lipinski definition) is 5. The lowest BCUT2D eigenvalue weighted by Gasteiger charge is -2.29. The molecule has 168 valence electrons. The predicted molar refractivity (Wildman–Crippen MR) is 116 cm³/mol. The van der Waals surface area contributed by atoms with Gasteiger partial charge in [-0.15, -0.1) is 0 Å². The second kappa shape index (κ2) is 11.6. The van der Waals surface area contributed by atoms with E-state index in [1.807, 2.05) is 37.8 Å². The Hall–Kier alpha value is -2.55. The Kier molecular flexibility index (Phi) is 9.16. The number of anilines is 1.